The minimum Gasteiger partial charge on any atom is -0.497 e. The minimum atomic E-state index is 0.780. The smallest absolute Gasteiger partial charge is 0.119 e. The van der Waals surface area contributed by atoms with Gasteiger partial charge in [-0.25, -0.2) is 0 Å². The van der Waals surface area contributed by atoms with E-state index in [-0.39, 0.29) is 0 Å². The number of piperidine rings is 1. The highest BCUT2D eigenvalue weighted by Gasteiger charge is 2.36. The lowest BCUT2D eigenvalue weighted by molar-refractivity contribution is 0.180. The summed E-state index contributed by atoms with van der Waals surface area (Å²) in [7, 11) is 3.95. The molecule has 0 radical (unpaired) electrons. The van der Waals surface area contributed by atoms with E-state index in [2.05, 4.69) is 46.1 Å². The Morgan fingerprint density at radius 2 is 2.04 bits per heavy atom. The third-order valence-electron chi connectivity index (χ3n) is 6.18. The topological polar surface area (TPSA) is 28.6 Å². The summed E-state index contributed by atoms with van der Waals surface area (Å²) in [5.41, 5.74) is 7.84. The normalized spacial score (nSPS) is 21.6. The molecular formula is C24H27N3O. The first-order chi connectivity index (χ1) is 13.7. The lowest BCUT2D eigenvalue weighted by atomic mass is 9.97. The molecule has 0 saturated carbocycles. The summed E-state index contributed by atoms with van der Waals surface area (Å²) >= 11 is 0. The average Bonchev–Trinajstić information content (AvgIpc) is 3.45. The van der Waals surface area contributed by atoms with Gasteiger partial charge in [0.25, 0.3) is 0 Å². The molecule has 28 heavy (non-hydrogen) atoms. The molecule has 1 fully saturated rings. The molecule has 2 aromatic rings. The van der Waals surface area contributed by atoms with Gasteiger partial charge in [-0.05, 0) is 73.3 Å². The van der Waals surface area contributed by atoms with Gasteiger partial charge >= 0.3 is 0 Å². The molecule has 1 aromatic heterocycles. The fourth-order valence-electron chi connectivity index (χ4n) is 4.67. The van der Waals surface area contributed by atoms with Crippen LogP contribution in [-0.2, 0) is 0 Å². The zero-order valence-electron chi connectivity index (χ0n) is 16.7. The molecule has 0 amide bonds. The standard InChI is InChI=1S/C24H27N3O/c1-26-8-4-5-17(14-26)15-27-16-23(22-11-24(22)27)20-9-19(12-25-13-20)18-6-3-7-21(10-18)28-2/h3,6-7,9-13,17H,4-5,8,14-16H2,1-2H3. The van der Waals surface area contributed by atoms with Crippen LogP contribution in [0.5, 0.6) is 5.75 Å². The second-order valence-corrected chi connectivity index (χ2v) is 8.27. The monoisotopic (exact) mass is 373 g/mol. The Kier molecular flexibility index (Phi) is 4.44. The highest BCUT2D eigenvalue weighted by molar-refractivity contribution is 5.87. The molecule has 0 spiro atoms. The number of benzene rings is 1. The van der Waals surface area contributed by atoms with E-state index in [0.717, 1.165) is 29.3 Å². The average molecular weight is 374 g/mol. The Bertz CT molecular complexity index is 962. The van der Waals surface area contributed by atoms with E-state index < -0.39 is 0 Å². The van der Waals surface area contributed by atoms with Gasteiger partial charge in [-0.3, -0.25) is 4.98 Å². The van der Waals surface area contributed by atoms with E-state index in [1.54, 1.807) is 7.11 Å². The van der Waals surface area contributed by atoms with Crippen molar-refractivity contribution in [3.05, 3.63) is 65.6 Å². The van der Waals surface area contributed by atoms with E-state index in [9.17, 15) is 0 Å². The van der Waals surface area contributed by atoms with Crippen LogP contribution in [0.25, 0.3) is 16.7 Å². The van der Waals surface area contributed by atoms with Crippen molar-refractivity contribution in [2.45, 2.75) is 12.8 Å². The summed E-state index contributed by atoms with van der Waals surface area (Å²) in [6, 6.07) is 10.5. The first-order valence-electron chi connectivity index (χ1n) is 10.2. The van der Waals surface area contributed by atoms with Gasteiger partial charge in [0.15, 0.2) is 0 Å². The molecule has 0 N–H and O–H groups in total. The lowest BCUT2D eigenvalue weighted by Crippen LogP contribution is -2.37. The van der Waals surface area contributed by atoms with Gasteiger partial charge in [0.2, 0.25) is 0 Å². The van der Waals surface area contributed by atoms with E-state index in [1.807, 2.05) is 24.5 Å². The van der Waals surface area contributed by atoms with Gasteiger partial charge < -0.3 is 14.5 Å². The van der Waals surface area contributed by atoms with Crippen molar-refractivity contribution in [3.8, 4) is 16.9 Å². The molecule has 1 aliphatic carbocycles. The molecule has 4 nitrogen and oxygen atoms in total. The Labute approximate surface area is 167 Å². The number of fused-ring (bicyclic) bond motifs is 1. The van der Waals surface area contributed by atoms with Crippen LogP contribution >= 0.6 is 0 Å². The lowest BCUT2D eigenvalue weighted by Gasteiger charge is -2.33. The zero-order valence-corrected chi connectivity index (χ0v) is 16.7. The molecule has 1 atom stereocenters. The van der Waals surface area contributed by atoms with Crippen molar-refractivity contribution < 1.29 is 4.74 Å². The van der Waals surface area contributed by atoms with Crippen molar-refractivity contribution in [1.82, 2.24) is 14.8 Å². The molecule has 1 aromatic carbocycles. The first-order valence-corrected chi connectivity index (χ1v) is 10.2. The van der Waals surface area contributed by atoms with Crippen molar-refractivity contribution in [2.75, 3.05) is 40.3 Å². The van der Waals surface area contributed by atoms with Gasteiger partial charge in [-0.2, -0.15) is 0 Å². The predicted octanol–water partition coefficient (Wildman–Crippen LogP) is 4.07. The minimum absolute atomic E-state index is 0.780. The van der Waals surface area contributed by atoms with E-state index in [1.165, 1.54) is 54.9 Å². The number of hydrogen-bond donors (Lipinski definition) is 0. The Morgan fingerprint density at radius 3 is 2.89 bits per heavy atom. The van der Waals surface area contributed by atoms with Crippen LogP contribution in [-0.4, -0.2) is 55.1 Å². The van der Waals surface area contributed by atoms with Crippen molar-refractivity contribution in [1.29, 1.82) is 0 Å². The van der Waals surface area contributed by atoms with E-state index >= 15 is 0 Å². The molecule has 2 aliphatic heterocycles. The summed E-state index contributed by atoms with van der Waals surface area (Å²) in [5, 5.41) is 0. The van der Waals surface area contributed by atoms with Crippen LogP contribution in [0.3, 0.4) is 0 Å². The number of nitrogens with zero attached hydrogens (tertiary/aromatic N) is 3. The molecule has 3 aliphatic rings. The van der Waals surface area contributed by atoms with Gasteiger partial charge in [0.05, 0.1) is 7.11 Å². The number of rotatable bonds is 5. The zero-order chi connectivity index (χ0) is 19.1. The first kappa shape index (κ1) is 17.5. The number of methoxy groups -OCH3 is 1. The van der Waals surface area contributed by atoms with Crippen molar-refractivity contribution in [2.24, 2.45) is 5.92 Å². The number of ether oxygens (including phenoxy) is 1. The number of hydrogen-bond acceptors (Lipinski definition) is 4. The van der Waals surface area contributed by atoms with E-state index in [0.29, 0.717) is 0 Å². The second kappa shape index (κ2) is 7.10. The quantitative estimate of drug-likeness (QED) is 0.790. The SMILES string of the molecule is COc1cccc(-c2cncc(C3=C4C=C4N(CC4CCCN(C)C4)C3)c2)c1. The molecule has 0 bridgehead atoms. The number of pyridine rings is 1. The fourth-order valence-corrected chi connectivity index (χ4v) is 4.67. The van der Waals surface area contributed by atoms with Crippen LogP contribution in [0, 0.1) is 5.92 Å². The maximum absolute atomic E-state index is 5.38. The van der Waals surface area contributed by atoms with Gasteiger partial charge in [0.1, 0.15) is 5.75 Å². The molecule has 3 heterocycles. The highest BCUT2D eigenvalue weighted by Crippen LogP contribution is 2.45. The fraction of sp³-hybridized carbons (Fsp3) is 0.375. The summed E-state index contributed by atoms with van der Waals surface area (Å²) in [4.78, 5) is 9.59. The van der Waals surface area contributed by atoms with Crippen LogP contribution in [0.1, 0.15) is 18.4 Å². The third kappa shape index (κ3) is 3.33. The van der Waals surface area contributed by atoms with Crippen LogP contribution in [0.4, 0.5) is 0 Å². The summed E-state index contributed by atoms with van der Waals surface area (Å²) in [6.45, 7) is 4.66. The molecule has 1 unspecified atom stereocenters. The largest absolute Gasteiger partial charge is 0.497 e. The predicted molar refractivity (Wildman–Crippen MR) is 113 cm³/mol. The molecule has 1 saturated heterocycles. The maximum atomic E-state index is 5.38. The summed E-state index contributed by atoms with van der Waals surface area (Å²) in [5.74, 6) is 1.66. The molecule has 144 valence electrons. The summed E-state index contributed by atoms with van der Waals surface area (Å²) < 4.78 is 5.38. The molecular weight excluding hydrogens is 346 g/mol. The van der Waals surface area contributed by atoms with Crippen LogP contribution < -0.4 is 4.74 Å². The van der Waals surface area contributed by atoms with Crippen molar-refractivity contribution >= 4 is 5.57 Å². The van der Waals surface area contributed by atoms with Crippen molar-refractivity contribution in [3.63, 3.8) is 0 Å². The Balaban J connectivity index is 1.33. The molecule has 5 rings (SSSR count). The van der Waals surface area contributed by atoms with Crippen LogP contribution in [0.15, 0.2) is 60.1 Å². The Morgan fingerprint density at radius 1 is 1.14 bits per heavy atom. The van der Waals surface area contributed by atoms with E-state index in [4.69, 9.17) is 4.74 Å². The number of allylic oxidation sites excluding steroid dienone is 2. The molecule has 4 heteroatoms. The Hall–Kier alpha value is -2.59. The van der Waals surface area contributed by atoms with Gasteiger partial charge in [-0.15, -0.1) is 0 Å². The third-order valence-corrected chi connectivity index (χ3v) is 6.18. The highest BCUT2D eigenvalue weighted by atomic mass is 16.5. The summed E-state index contributed by atoms with van der Waals surface area (Å²) in [6.07, 6.45) is 8.96. The number of likely N-dealkylation sites (tertiary alicyclic amines) is 1. The number of aromatic nitrogens is 1. The van der Waals surface area contributed by atoms with Gasteiger partial charge in [-0.1, -0.05) is 12.1 Å². The van der Waals surface area contributed by atoms with Crippen LogP contribution in [0.2, 0.25) is 0 Å². The maximum Gasteiger partial charge on any atom is 0.119 e. The van der Waals surface area contributed by atoms with Gasteiger partial charge in [0, 0.05) is 48.9 Å². The second-order valence-electron chi connectivity index (χ2n) is 8.27.